The van der Waals surface area contributed by atoms with E-state index in [0.717, 1.165) is 37.6 Å². The van der Waals surface area contributed by atoms with Crippen molar-refractivity contribution in [2.24, 2.45) is 0 Å². The third-order valence-electron chi connectivity index (χ3n) is 4.92. The van der Waals surface area contributed by atoms with E-state index < -0.39 is 0 Å². The van der Waals surface area contributed by atoms with Crippen molar-refractivity contribution in [3.63, 3.8) is 0 Å². The molecule has 2 heterocycles. The Hall–Kier alpha value is -1.89. The maximum absolute atomic E-state index is 12.4. The number of nitrogens with one attached hydrogen (secondary N) is 2. The standard InChI is InChI=1S/C21H28N2O3S/c1-16(2)17-6-3-4-7-19(17)26-15-21(24)22-14-18(20-8-5-13-27-20)23-9-11-25-12-10-23/h3-8,13,16,18H,9-12,14-15H2,1-2H3,(H,22,24)/p+1/t18-/m1/s1. The van der Waals surface area contributed by atoms with Crippen molar-refractivity contribution in [1.29, 1.82) is 0 Å². The Morgan fingerprint density at radius 2 is 2.00 bits per heavy atom. The number of hydrogen-bond donors (Lipinski definition) is 2. The van der Waals surface area contributed by atoms with Gasteiger partial charge in [-0.3, -0.25) is 4.79 Å². The van der Waals surface area contributed by atoms with Gasteiger partial charge in [-0.2, -0.15) is 0 Å². The van der Waals surface area contributed by atoms with E-state index in [1.54, 1.807) is 11.3 Å². The van der Waals surface area contributed by atoms with E-state index in [0.29, 0.717) is 12.5 Å². The monoisotopic (exact) mass is 389 g/mol. The lowest BCUT2D eigenvalue weighted by Crippen LogP contribution is -3.15. The number of thiophene rings is 1. The van der Waals surface area contributed by atoms with Gasteiger partial charge in [0.15, 0.2) is 6.61 Å². The van der Waals surface area contributed by atoms with E-state index in [4.69, 9.17) is 9.47 Å². The molecule has 1 fully saturated rings. The van der Waals surface area contributed by atoms with Crippen LogP contribution in [0.5, 0.6) is 5.75 Å². The number of para-hydroxylation sites is 1. The second kappa shape index (κ2) is 9.88. The highest BCUT2D eigenvalue weighted by atomic mass is 32.1. The van der Waals surface area contributed by atoms with Crippen molar-refractivity contribution in [1.82, 2.24) is 5.32 Å². The summed E-state index contributed by atoms with van der Waals surface area (Å²) in [6.07, 6.45) is 0. The smallest absolute Gasteiger partial charge is 0.258 e. The van der Waals surface area contributed by atoms with Gasteiger partial charge in [0.2, 0.25) is 0 Å². The number of ether oxygens (including phenoxy) is 2. The molecule has 1 aliphatic heterocycles. The van der Waals surface area contributed by atoms with Gasteiger partial charge in [0.05, 0.1) is 24.6 Å². The molecule has 2 N–H and O–H groups in total. The first-order valence-corrected chi connectivity index (χ1v) is 10.5. The zero-order valence-electron chi connectivity index (χ0n) is 16.1. The van der Waals surface area contributed by atoms with Crippen molar-refractivity contribution >= 4 is 17.2 Å². The molecule has 1 aliphatic rings. The van der Waals surface area contributed by atoms with Gasteiger partial charge < -0.3 is 19.7 Å². The summed E-state index contributed by atoms with van der Waals surface area (Å²) >= 11 is 1.75. The van der Waals surface area contributed by atoms with Gasteiger partial charge in [-0.25, -0.2) is 0 Å². The molecule has 1 atom stereocenters. The van der Waals surface area contributed by atoms with Crippen LogP contribution in [0.3, 0.4) is 0 Å². The van der Waals surface area contributed by atoms with Gasteiger partial charge in [0.1, 0.15) is 24.9 Å². The predicted molar refractivity (Wildman–Crippen MR) is 108 cm³/mol. The number of benzene rings is 1. The second-order valence-electron chi connectivity index (χ2n) is 7.12. The summed E-state index contributed by atoms with van der Waals surface area (Å²) in [5, 5.41) is 5.16. The van der Waals surface area contributed by atoms with Crippen LogP contribution in [0.2, 0.25) is 0 Å². The van der Waals surface area contributed by atoms with Gasteiger partial charge >= 0.3 is 0 Å². The molecule has 0 spiro atoms. The zero-order valence-corrected chi connectivity index (χ0v) is 16.9. The zero-order chi connectivity index (χ0) is 19.1. The number of rotatable bonds is 8. The van der Waals surface area contributed by atoms with Crippen molar-refractivity contribution in [2.45, 2.75) is 25.8 Å². The van der Waals surface area contributed by atoms with Crippen molar-refractivity contribution in [2.75, 3.05) is 39.5 Å². The molecule has 2 aromatic rings. The summed E-state index contributed by atoms with van der Waals surface area (Å²) in [6, 6.07) is 12.4. The third-order valence-corrected chi connectivity index (χ3v) is 5.90. The fourth-order valence-corrected chi connectivity index (χ4v) is 4.30. The van der Waals surface area contributed by atoms with E-state index in [9.17, 15) is 4.79 Å². The minimum atomic E-state index is -0.0808. The van der Waals surface area contributed by atoms with Gasteiger partial charge in [-0.1, -0.05) is 38.1 Å². The summed E-state index contributed by atoms with van der Waals surface area (Å²) in [5.41, 5.74) is 1.12. The maximum Gasteiger partial charge on any atom is 0.258 e. The minimum absolute atomic E-state index is 0.0410. The summed E-state index contributed by atoms with van der Waals surface area (Å²) in [5.74, 6) is 1.07. The van der Waals surface area contributed by atoms with Crippen LogP contribution in [0, 0.1) is 0 Å². The molecule has 146 valence electrons. The van der Waals surface area contributed by atoms with Crippen LogP contribution >= 0.6 is 11.3 Å². The molecule has 5 nitrogen and oxygen atoms in total. The number of carbonyl (C=O) groups is 1. The molecule has 3 rings (SSSR count). The summed E-state index contributed by atoms with van der Waals surface area (Å²) in [6.45, 7) is 8.40. The van der Waals surface area contributed by atoms with E-state index in [2.05, 4.69) is 36.7 Å². The maximum atomic E-state index is 12.4. The first-order valence-electron chi connectivity index (χ1n) is 9.59. The van der Waals surface area contributed by atoms with Crippen LogP contribution in [0.1, 0.15) is 36.2 Å². The Labute approximate surface area is 165 Å². The van der Waals surface area contributed by atoms with Crippen molar-refractivity contribution in [3.05, 3.63) is 52.2 Å². The van der Waals surface area contributed by atoms with E-state index >= 15 is 0 Å². The number of carbonyl (C=O) groups excluding carboxylic acids is 1. The number of hydrogen-bond acceptors (Lipinski definition) is 4. The Bertz CT molecular complexity index is 712. The fourth-order valence-electron chi connectivity index (χ4n) is 3.42. The van der Waals surface area contributed by atoms with Gasteiger partial charge in [-0.05, 0) is 29.0 Å². The molecule has 0 aliphatic carbocycles. The highest BCUT2D eigenvalue weighted by Crippen LogP contribution is 2.25. The molecule has 1 amide bonds. The Kier molecular flexibility index (Phi) is 7.26. The molecule has 0 saturated carbocycles. The molecule has 0 radical (unpaired) electrons. The molecular formula is C21H29N2O3S+. The number of quaternary nitrogens is 1. The Balaban J connectivity index is 1.55. The van der Waals surface area contributed by atoms with Crippen LogP contribution in [0.15, 0.2) is 41.8 Å². The average molecular weight is 390 g/mol. The van der Waals surface area contributed by atoms with Gasteiger partial charge in [-0.15, -0.1) is 11.3 Å². The molecule has 1 saturated heterocycles. The van der Waals surface area contributed by atoms with Crippen LogP contribution in [-0.4, -0.2) is 45.4 Å². The summed E-state index contributed by atoms with van der Waals surface area (Å²) in [7, 11) is 0. The first-order chi connectivity index (χ1) is 13.1. The van der Waals surface area contributed by atoms with E-state index in [1.807, 2.05) is 24.3 Å². The lowest BCUT2D eigenvalue weighted by atomic mass is 10.0. The van der Waals surface area contributed by atoms with E-state index in [1.165, 1.54) is 9.78 Å². The van der Waals surface area contributed by atoms with Crippen LogP contribution in [0.4, 0.5) is 0 Å². The fraction of sp³-hybridized carbons (Fsp3) is 0.476. The van der Waals surface area contributed by atoms with Gasteiger partial charge in [0, 0.05) is 0 Å². The molecule has 6 heteroatoms. The lowest BCUT2D eigenvalue weighted by molar-refractivity contribution is -0.937. The molecule has 1 aromatic heterocycles. The largest absolute Gasteiger partial charge is 0.483 e. The van der Waals surface area contributed by atoms with Crippen LogP contribution < -0.4 is 15.0 Å². The third kappa shape index (κ3) is 5.54. The van der Waals surface area contributed by atoms with E-state index in [-0.39, 0.29) is 18.6 Å². The highest BCUT2D eigenvalue weighted by Gasteiger charge is 2.27. The van der Waals surface area contributed by atoms with Crippen LogP contribution in [-0.2, 0) is 9.53 Å². The molecule has 0 unspecified atom stereocenters. The topological polar surface area (TPSA) is 52.0 Å². The van der Waals surface area contributed by atoms with Crippen molar-refractivity contribution < 1.29 is 19.2 Å². The first kappa shape index (κ1) is 19.9. The second-order valence-corrected chi connectivity index (χ2v) is 8.10. The highest BCUT2D eigenvalue weighted by molar-refractivity contribution is 7.10. The summed E-state index contributed by atoms with van der Waals surface area (Å²) in [4.78, 5) is 15.2. The summed E-state index contributed by atoms with van der Waals surface area (Å²) < 4.78 is 11.3. The quantitative estimate of drug-likeness (QED) is 0.726. The molecule has 1 aromatic carbocycles. The lowest BCUT2D eigenvalue weighted by Gasteiger charge is -2.31. The van der Waals surface area contributed by atoms with Gasteiger partial charge in [0.25, 0.3) is 5.91 Å². The molecular weight excluding hydrogens is 360 g/mol. The number of amides is 1. The molecule has 0 bridgehead atoms. The Morgan fingerprint density at radius 1 is 1.22 bits per heavy atom. The SMILES string of the molecule is CC(C)c1ccccc1OCC(=O)NC[C@H](c1cccs1)[NH+]1CCOCC1. The van der Waals surface area contributed by atoms with Crippen molar-refractivity contribution in [3.8, 4) is 5.75 Å². The van der Waals surface area contributed by atoms with Crippen LogP contribution in [0.25, 0.3) is 0 Å². The molecule has 27 heavy (non-hydrogen) atoms. The number of morpholine rings is 1. The Morgan fingerprint density at radius 3 is 2.70 bits per heavy atom. The predicted octanol–water partition coefficient (Wildman–Crippen LogP) is 2.02. The minimum Gasteiger partial charge on any atom is -0.483 e. The average Bonchev–Trinajstić information content (AvgIpc) is 3.22. The normalized spacial score (nSPS) is 16.3.